The van der Waals surface area contributed by atoms with Gasteiger partial charge in [-0.1, -0.05) is 29.4 Å². The molecule has 0 bridgehead atoms. The van der Waals surface area contributed by atoms with Crippen LogP contribution in [-0.4, -0.2) is 21.2 Å². The van der Waals surface area contributed by atoms with E-state index >= 15 is 0 Å². The first-order chi connectivity index (χ1) is 10.1. The monoisotopic (exact) mass is 316 g/mol. The minimum atomic E-state index is 0.377. The molecule has 0 saturated heterocycles. The van der Waals surface area contributed by atoms with Gasteiger partial charge in [-0.3, -0.25) is 0 Å². The normalized spacial score (nSPS) is 11.0. The predicted molar refractivity (Wildman–Crippen MR) is 88.7 cm³/mol. The summed E-state index contributed by atoms with van der Waals surface area (Å²) in [6, 6.07) is 7.68. The molecule has 4 nitrogen and oxygen atoms in total. The summed E-state index contributed by atoms with van der Waals surface area (Å²) in [4.78, 5) is 13.1. The van der Waals surface area contributed by atoms with Crippen LogP contribution in [-0.2, 0) is 0 Å². The Hall–Kier alpha value is -1.85. The summed E-state index contributed by atoms with van der Waals surface area (Å²) in [7, 11) is 0. The van der Waals surface area contributed by atoms with Gasteiger partial charge < -0.3 is 5.73 Å². The number of pyridine rings is 1. The third-order valence-corrected chi connectivity index (χ3v) is 4.05. The quantitative estimate of drug-likeness (QED) is 0.335. The fourth-order valence-electron chi connectivity index (χ4n) is 2.14. The zero-order valence-electron chi connectivity index (χ0n) is 11.6. The maximum atomic E-state index is 6.29. The highest BCUT2D eigenvalue weighted by molar-refractivity contribution is 7.98. The molecule has 2 heterocycles. The average molecular weight is 317 g/mol. The van der Waals surface area contributed by atoms with E-state index in [4.69, 9.17) is 17.3 Å². The number of nitrogen functional groups attached to an aromatic ring is 1. The van der Waals surface area contributed by atoms with Crippen LogP contribution < -0.4 is 5.73 Å². The lowest BCUT2D eigenvalue weighted by Gasteiger charge is -2.09. The van der Waals surface area contributed by atoms with Crippen molar-refractivity contribution in [3.8, 4) is 11.3 Å². The van der Waals surface area contributed by atoms with Crippen LogP contribution >= 0.6 is 23.4 Å². The smallest absolute Gasteiger partial charge is 0.187 e. The van der Waals surface area contributed by atoms with E-state index in [0.717, 1.165) is 22.2 Å². The number of rotatable bonds is 2. The fourth-order valence-corrected chi connectivity index (χ4v) is 2.72. The van der Waals surface area contributed by atoms with Crippen molar-refractivity contribution in [3.63, 3.8) is 0 Å². The third kappa shape index (κ3) is 2.66. The Morgan fingerprint density at radius 1 is 1.19 bits per heavy atom. The minimum absolute atomic E-state index is 0.377. The second kappa shape index (κ2) is 5.50. The average Bonchev–Trinajstić information content (AvgIpc) is 2.49. The van der Waals surface area contributed by atoms with Crippen molar-refractivity contribution in [3.05, 3.63) is 41.2 Å². The van der Waals surface area contributed by atoms with E-state index in [1.807, 2.05) is 37.4 Å². The summed E-state index contributed by atoms with van der Waals surface area (Å²) >= 11 is 7.76. The standard InChI is InChI=1S/C15H13ClN4S/c1-8-3-4-10(17)6-11(8)12-5-9-7-18-15(21-2)20-13(9)14(16)19-12/h3-7H,17H2,1-2H3. The lowest BCUT2D eigenvalue weighted by molar-refractivity contribution is 1.00. The highest BCUT2D eigenvalue weighted by Gasteiger charge is 2.11. The number of halogens is 1. The van der Waals surface area contributed by atoms with E-state index in [1.54, 1.807) is 6.20 Å². The molecule has 2 N–H and O–H groups in total. The van der Waals surface area contributed by atoms with E-state index in [0.29, 0.717) is 21.5 Å². The van der Waals surface area contributed by atoms with E-state index in [2.05, 4.69) is 15.0 Å². The van der Waals surface area contributed by atoms with Gasteiger partial charge in [-0.2, -0.15) is 0 Å². The lowest BCUT2D eigenvalue weighted by Crippen LogP contribution is -1.94. The van der Waals surface area contributed by atoms with Gasteiger partial charge in [-0.25, -0.2) is 15.0 Å². The topological polar surface area (TPSA) is 64.7 Å². The Balaban J connectivity index is 2.23. The predicted octanol–water partition coefficient (Wildman–Crippen LogP) is 3.96. The van der Waals surface area contributed by atoms with Crippen molar-refractivity contribution in [1.29, 1.82) is 0 Å². The zero-order valence-corrected chi connectivity index (χ0v) is 13.2. The molecular weight excluding hydrogens is 304 g/mol. The summed E-state index contributed by atoms with van der Waals surface area (Å²) in [5.74, 6) is 0. The third-order valence-electron chi connectivity index (χ3n) is 3.22. The first-order valence-electron chi connectivity index (χ1n) is 6.32. The molecule has 2 aromatic heterocycles. The van der Waals surface area contributed by atoms with Crippen LogP contribution in [0.4, 0.5) is 5.69 Å². The summed E-state index contributed by atoms with van der Waals surface area (Å²) in [6.07, 6.45) is 3.69. The number of hydrogen-bond donors (Lipinski definition) is 1. The number of hydrogen-bond acceptors (Lipinski definition) is 5. The molecule has 6 heteroatoms. The van der Waals surface area contributed by atoms with Crippen LogP contribution in [0.15, 0.2) is 35.6 Å². The Morgan fingerprint density at radius 3 is 2.76 bits per heavy atom. The number of benzene rings is 1. The summed E-state index contributed by atoms with van der Waals surface area (Å²) in [5.41, 5.74) is 10.1. The number of nitrogens with two attached hydrogens (primary N) is 1. The Kier molecular flexibility index (Phi) is 3.69. The molecule has 0 aliphatic heterocycles. The van der Waals surface area contributed by atoms with Crippen LogP contribution in [0.25, 0.3) is 22.2 Å². The Bertz CT molecular complexity index is 835. The van der Waals surface area contributed by atoms with Gasteiger partial charge in [-0.15, -0.1) is 0 Å². The van der Waals surface area contributed by atoms with Gasteiger partial charge >= 0.3 is 0 Å². The molecule has 0 saturated carbocycles. The van der Waals surface area contributed by atoms with Gasteiger partial charge in [0.25, 0.3) is 0 Å². The van der Waals surface area contributed by atoms with Gasteiger partial charge in [0.1, 0.15) is 5.52 Å². The number of thioether (sulfide) groups is 1. The number of fused-ring (bicyclic) bond motifs is 1. The SMILES string of the molecule is CSc1ncc2cc(-c3cc(N)ccc3C)nc(Cl)c2n1. The van der Waals surface area contributed by atoms with Crippen molar-refractivity contribution in [2.45, 2.75) is 12.1 Å². The number of nitrogens with zero attached hydrogens (tertiary/aromatic N) is 3. The molecule has 21 heavy (non-hydrogen) atoms. The Morgan fingerprint density at radius 2 is 2.00 bits per heavy atom. The summed E-state index contributed by atoms with van der Waals surface area (Å²) < 4.78 is 0. The molecular formula is C15H13ClN4S. The maximum absolute atomic E-state index is 6.29. The fraction of sp³-hybridized carbons (Fsp3) is 0.133. The van der Waals surface area contributed by atoms with Crippen LogP contribution in [0.2, 0.25) is 5.15 Å². The van der Waals surface area contributed by atoms with Crippen molar-refractivity contribution in [2.24, 2.45) is 0 Å². The van der Waals surface area contributed by atoms with Crippen LogP contribution in [0.1, 0.15) is 5.56 Å². The van der Waals surface area contributed by atoms with E-state index < -0.39 is 0 Å². The molecule has 0 unspecified atom stereocenters. The van der Waals surface area contributed by atoms with Gasteiger partial charge in [0.2, 0.25) is 0 Å². The van der Waals surface area contributed by atoms with Crippen molar-refractivity contribution < 1.29 is 0 Å². The number of aromatic nitrogens is 3. The zero-order chi connectivity index (χ0) is 15.0. The molecule has 0 spiro atoms. The van der Waals surface area contributed by atoms with E-state index in [-0.39, 0.29) is 0 Å². The molecule has 3 rings (SSSR count). The molecule has 0 aliphatic rings. The molecule has 0 fully saturated rings. The van der Waals surface area contributed by atoms with E-state index in [9.17, 15) is 0 Å². The molecule has 3 aromatic rings. The van der Waals surface area contributed by atoms with Gasteiger partial charge in [-0.05, 0) is 36.9 Å². The van der Waals surface area contributed by atoms with Crippen LogP contribution in [0, 0.1) is 6.92 Å². The molecule has 1 aromatic carbocycles. The highest BCUT2D eigenvalue weighted by Crippen LogP contribution is 2.30. The minimum Gasteiger partial charge on any atom is -0.399 e. The molecule has 0 atom stereocenters. The first-order valence-corrected chi connectivity index (χ1v) is 7.92. The second-order valence-corrected chi connectivity index (χ2v) is 5.80. The maximum Gasteiger partial charge on any atom is 0.187 e. The van der Waals surface area contributed by atoms with Gasteiger partial charge in [0, 0.05) is 22.8 Å². The van der Waals surface area contributed by atoms with E-state index in [1.165, 1.54) is 11.8 Å². The number of aryl methyl sites for hydroxylation is 1. The molecule has 106 valence electrons. The molecule has 0 amide bonds. The van der Waals surface area contributed by atoms with Crippen LogP contribution in [0.5, 0.6) is 0 Å². The van der Waals surface area contributed by atoms with Gasteiger partial charge in [0.05, 0.1) is 5.69 Å². The summed E-state index contributed by atoms with van der Waals surface area (Å²) in [6.45, 7) is 2.02. The second-order valence-electron chi connectivity index (χ2n) is 4.67. The lowest BCUT2D eigenvalue weighted by atomic mass is 10.0. The molecule has 0 aliphatic carbocycles. The van der Waals surface area contributed by atoms with Crippen LogP contribution in [0.3, 0.4) is 0 Å². The van der Waals surface area contributed by atoms with Crippen molar-refractivity contribution >= 4 is 40.0 Å². The van der Waals surface area contributed by atoms with Crippen molar-refractivity contribution in [1.82, 2.24) is 15.0 Å². The highest BCUT2D eigenvalue weighted by atomic mass is 35.5. The van der Waals surface area contributed by atoms with Gasteiger partial charge in [0.15, 0.2) is 10.3 Å². The molecule has 0 radical (unpaired) electrons. The Labute approximate surface area is 131 Å². The number of anilines is 1. The summed E-state index contributed by atoms with van der Waals surface area (Å²) in [5, 5.41) is 1.92. The van der Waals surface area contributed by atoms with Crippen molar-refractivity contribution in [2.75, 3.05) is 12.0 Å². The largest absolute Gasteiger partial charge is 0.399 e. The first kappa shape index (κ1) is 14.1.